The third kappa shape index (κ3) is 6.73. The van der Waals surface area contributed by atoms with Crippen LogP contribution in [-0.4, -0.2) is 105 Å². The van der Waals surface area contributed by atoms with Crippen LogP contribution in [0, 0.1) is 0 Å². The normalized spacial score (nSPS) is 21.4. The smallest absolute Gasteiger partial charge is 0.426 e. The first-order valence-electron chi connectivity index (χ1n) is 12.8. The molecule has 3 aliphatic heterocycles. The van der Waals surface area contributed by atoms with E-state index >= 15 is 0 Å². The average molecular weight is 621 g/mol. The van der Waals surface area contributed by atoms with Gasteiger partial charge in [-0.25, -0.2) is 13.2 Å². The molecule has 0 atom stereocenters. The number of rotatable bonds is 5. The number of anilines is 1. The maximum absolute atomic E-state index is 12.8. The largest absolute Gasteiger partial charge is 0.434 e. The van der Waals surface area contributed by atoms with E-state index in [1.165, 1.54) is 10.6 Å². The molecule has 0 unspecified atom stereocenters. The number of hydrogen-bond acceptors (Lipinski definition) is 6. The Balaban J connectivity index is 1.40. The summed E-state index contributed by atoms with van der Waals surface area (Å²) in [7, 11) is -3.28. The third-order valence-electron chi connectivity index (χ3n) is 7.97. The number of nitrogens with zero attached hydrogens (tertiary/aromatic N) is 4. The van der Waals surface area contributed by atoms with Gasteiger partial charge in [-0.2, -0.15) is 30.6 Å². The Kier molecular flexibility index (Phi) is 8.80. The molecule has 16 heteroatoms. The summed E-state index contributed by atoms with van der Waals surface area (Å²) >= 11 is 6.81. The van der Waals surface area contributed by atoms with Gasteiger partial charge in [0.2, 0.25) is 10.0 Å². The zero-order valence-corrected chi connectivity index (χ0v) is 23.3. The highest BCUT2D eigenvalue weighted by Crippen LogP contribution is 2.42. The number of piperidine rings is 1. The molecule has 4 rings (SSSR count). The minimum absolute atomic E-state index is 0.0316. The van der Waals surface area contributed by atoms with Gasteiger partial charge in [-0.3, -0.25) is 4.90 Å². The second-order valence-corrected chi connectivity index (χ2v) is 12.8. The van der Waals surface area contributed by atoms with E-state index in [1.807, 2.05) is 23.1 Å². The predicted octanol–water partition coefficient (Wildman–Crippen LogP) is 4.48. The number of hydrogen-bond donors (Lipinski definition) is 0. The summed E-state index contributed by atoms with van der Waals surface area (Å²) in [4.78, 5) is 17.4. The van der Waals surface area contributed by atoms with Crippen LogP contribution in [0.15, 0.2) is 18.2 Å². The number of alkyl halides is 6. The molecular weight excluding hydrogens is 590 g/mol. The lowest BCUT2D eigenvalue weighted by atomic mass is 9.85. The number of halogens is 7. The Bertz CT molecular complexity index is 1170. The summed E-state index contributed by atoms with van der Waals surface area (Å²) in [5, 5.41) is 0.545. The number of ether oxygens (including phenoxy) is 1. The lowest BCUT2D eigenvalue weighted by Crippen LogP contribution is -2.54. The molecule has 3 heterocycles. The zero-order valence-electron chi connectivity index (χ0n) is 21.8. The van der Waals surface area contributed by atoms with Crippen molar-refractivity contribution in [2.24, 2.45) is 0 Å². The quantitative estimate of drug-likeness (QED) is 0.452. The molecule has 0 aromatic heterocycles. The molecule has 40 heavy (non-hydrogen) atoms. The Labute approximate surface area is 233 Å². The fourth-order valence-corrected chi connectivity index (χ4v) is 6.94. The number of sulfonamides is 1. The predicted molar refractivity (Wildman–Crippen MR) is 136 cm³/mol. The van der Waals surface area contributed by atoms with Crippen molar-refractivity contribution in [2.75, 3.05) is 57.0 Å². The van der Waals surface area contributed by atoms with Gasteiger partial charge in [0, 0.05) is 51.4 Å². The SMILES string of the molecule is CS(=O)(=O)N1CCN(c2cccc(CN3CCCC34CCN(C(=O)OC(C(F)(F)F)C(F)(F)F)CC4)c2Cl)CC1. The molecule has 0 radical (unpaired) electrons. The van der Waals surface area contributed by atoms with Crippen LogP contribution in [0.1, 0.15) is 31.2 Å². The summed E-state index contributed by atoms with van der Waals surface area (Å²) in [5.41, 5.74) is 1.28. The van der Waals surface area contributed by atoms with Crippen LogP contribution in [0.2, 0.25) is 5.02 Å². The molecule has 1 aromatic carbocycles. The van der Waals surface area contributed by atoms with Gasteiger partial charge in [0.05, 0.1) is 17.0 Å². The number of likely N-dealkylation sites (tertiary alicyclic amines) is 2. The highest BCUT2D eigenvalue weighted by atomic mass is 35.5. The molecule has 0 N–H and O–H groups in total. The van der Waals surface area contributed by atoms with Crippen molar-refractivity contribution in [3.63, 3.8) is 0 Å². The maximum atomic E-state index is 12.8. The lowest BCUT2D eigenvalue weighted by molar-refractivity contribution is -0.308. The van der Waals surface area contributed by atoms with Crippen molar-refractivity contribution >= 4 is 33.4 Å². The number of carbonyl (C=O) groups excluding carboxylic acids is 1. The maximum Gasteiger partial charge on any atom is 0.434 e. The standard InChI is InChI=1S/C24H31ClF6N4O4S/c1-40(37,38)35-14-12-32(13-15-35)18-5-2-4-17(19(18)25)16-34-9-3-6-22(34)7-10-33(11-8-22)21(36)39-20(23(26,27)28)24(29,30)31/h2,4-5,20H,3,6-16H2,1H3. The van der Waals surface area contributed by atoms with Gasteiger partial charge < -0.3 is 14.5 Å². The van der Waals surface area contributed by atoms with Crippen LogP contribution in [0.4, 0.5) is 36.8 Å². The Morgan fingerprint density at radius 2 is 1.57 bits per heavy atom. The van der Waals surface area contributed by atoms with Gasteiger partial charge in [-0.05, 0) is 43.9 Å². The summed E-state index contributed by atoms with van der Waals surface area (Å²) in [6.07, 6.45) is -13.8. The fourth-order valence-electron chi connectivity index (χ4n) is 5.81. The molecule has 1 aromatic rings. The van der Waals surface area contributed by atoms with E-state index < -0.39 is 34.6 Å². The number of benzene rings is 1. The molecular formula is C24H31ClF6N4O4S. The first kappa shape index (κ1) is 31.0. The molecule has 3 fully saturated rings. The summed E-state index contributed by atoms with van der Waals surface area (Å²) < 4.78 is 106. The third-order valence-corrected chi connectivity index (χ3v) is 9.71. The van der Waals surface area contributed by atoms with E-state index in [-0.39, 0.29) is 18.6 Å². The second kappa shape index (κ2) is 11.4. The summed E-state index contributed by atoms with van der Waals surface area (Å²) in [5.74, 6) is 0. The minimum Gasteiger partial charge on any atom is -0.426 e. The van der Waals surface area contributed by atoms with Crippen molar-refractivity contribution in [3.8, 4) is 0 Å². The summed E-state index contributed by atoms with van der Waals surface area (Å²) in [6, 6.07) is 5.64. The van der Waals surface area contributed by atoms with Gasteiger partial charge >= 0.3 is 18.4 Å². The Morgan fingerprint density at radius 3 is 2.12 bits per heavy atom. The van der Waals surface area contributed by atoms with Crippen molar-refractivity contribution in [2.45, 2.75) is 56.2 Å². The monoisotopic (exact) mass is 620 g/mol. The topological polar surface area (TPSA) is 73.4 Å². The lowest BCUT2D eigenvalue weighted by Gasteiger charge is -2.45. The van der Waals surface area contributed by atoms with Gasteiger partial charge in [0.1, 0.15) is 0 Å². The first-order chi connectivity index (χ1) is 18.5. The zero-order chi connectivity index (χ0) is 29.5. The first-order valence-corrected chi connectivity index (χ1v) is 15.1. The highest BCUT2D eigenvalue weighted by Gasteiger charge is 2.60. The number of carbonyl (C=O) groups is 1. The van der Waals surface area contributed by atoms with E-state index in [1.54, 1.807) is 0 Å². The molecule has 226 valence electrons. The average Bonchev–Trinajstić information content (AvgIpc) is 3.23. The molecule has 1 spiro atoms. The Hall–Kier alpha value is -1.97. The highest BCUT2D eigenvalue weighted by molar-refractivity contribution is 7.88. The van der Waals surface area contributed by atoms with E-state index in [0.717, 1.165) is 35.5 Å². The van der Waals surface area contributed by atoms with Crippen LogP contribution in [0.5, 0.6) is 0 Å². The number of piperazine rings is 1. The van der Waals surface area contributed by atoms with Gasteiger partial charge in [0.25, 0.3) is 6.10 Å². The molecule has 0 bridgehead atoms. The number of amides is 1. The van der Waals surface area contributed by atoms with Crippen LogP contribution in [0.3, 0.4) is 0 Å². The van der Waals surface area contributed by atoms with E-state index in [2.05, 4.69) is 9.64 Å². The van der Waals surface area contributed by atoms with Gasteiger partial charge in [-0.15, -0.1) is 0 Å². The fraction of sp³-hybridized carbons (Fsp3) is 0.708. The molecule has 3 saturated heterocycles. The summed E-state index contributed by atoms with van der Waals surface area (Å²) in [6.45, 7) is 2.80. The second-order valence-electron chi connectivity index (χ2n) is 10.5. The molecule has 8 nitrogen and oxygen atoms in total. The van der Waals surface area contributed by atoms with Crippen molar-refractivity contribution in [3.05, 3.63) is 28.8 Å². The van der Waals surface area contributed by atoms with Crippen LogP contribution in [0.25, 0.3) is 0 Å². The van der Waals surface area contributed by atoms with Crippen molar-refractivity contribution in [1.82, 2.24) is 14.1 Å². The van der Waals surface area contributed by atoms with Crippen molar-refractivity contribution in [1.29, 1.82) is 0 Å². The molecule has 3 aliphatic rings. The molecule has 0 aliphatic carbocycles. The van der Waals surface area contributed by atoms with Crippen LogP contribution < -0.4 is 4.90 Å². The van der Waals surface area contributed by atoms with Crippen LogP contribution >= 0.6 is 11.6 Å². The van der Waals surface area contributed by atoms with Crippen molar-refractivity contribution < 1.29 is 44.3 Å². The Morgan fingerprint density at radius 1 is 0.975 bits per heavy atom. The minimum atomic E-state index is -5.76. The van der Waals surface area contributed by atoms with Crippen LogP contribution in [-0.2, 0) is 21.3 Å². The van der Waals surface area contributed by atoms with E-state index in [0.29, 0.717) is 50.6 Å². The molecule has 0 saturated carbocycles. The van der Waals surface area contributed by atoms with Gasteiger partial charge in [0.15, 0.2) is 0 Å². The van der Waals surface area contributed by atoms with Gasteiger partial charge in [-0.1, -0.05) is 23.7 Å². The van der Waals surface area contributed by atoms with E-state index in [4.69, 9.17) is 11.6 Å². The molecule has 1 amide bonds. The van der Waals surface area contributed by atoms with E-state index in [9.17, 15) is 39.6 Å².